The predicted octanol–water partition coefficient (Wildman–Crippen LogP) is 5.93. The molecule has 35 heavy (non-hydrogen) atoms. The van der Waals surface area contributed by atoms with Gasteiger partial charge in [0.15, 0.2) is 11.5 Å². The molecule has 8 heteroatoms. The quantitative estimate of drug-likeness (QED) is 0.361. The number of amides is 1. The molecule has 1 aliphatic rings. The Morgan fingerprint density at radius 2 is 1.80 bits per heavy atom. The summed E-state index contributed by atoms with van der Waals surface area (Å²) in [4.78, 5) is 24.1. The zero-order valence-electron chi connectivity index (χ0n) is 19.2. The zero-order valence-corrected chi connectivity index (χ0v) is 20.8. The standard InChI is InChI=1S/C27H23BrN2O5/c1-3-34-24-15-19(13-22-17(2)29-30(26(22)31)21-7-5-4-6-8-21)14-23(28)25(24)35-16-18-9-11-20(12-10-18)27(32)33/h4-15H,3,16H2,1-2H3,(H,32,33)/b22-13+. The van der Waals surface area contributed by atoms with Crippen molar-refractivity contribution in [2.45, 2.75) is 20.5 Å². The molecular weight excluding hydrogens is 512 g/mol. The Kier molecular flexibility index (Phi) is 7.31. The lowest BCUT2D eigenvalue weighted by Gasteiger charge is -2.15. The number of ether oxygens (including phenoxy) is 2. The Balaban J connectivity index is 1.58. The number of benzene rings is 3. The maximum absolute atomic E-state index is 13.0. The van der Waals surface area contributed by atoms with E-state index in [0.717, 1.165) is 11.1 Å². The van der Waals surface area contributed by atoms with Gasteiger partial charge in [0.1, 0.15) is 6.61 Å². The summed E-state index contributed by atoms with van der Waals surface area (Å²) in [6.07, 6.45) is 1.78. The van der Waals surface area contributed by atoms with Crippen LogP contribution in [-0.2, 0) is 11.4 Å². The molecule has 4 rings (SSSR count). The van der Waals surface area contributed by atoms with Gasteiger partial charge in [-0.25, -0.2) is 4.79 Å². The lowest BCUT2D eigenvalue weighted by molar-refractivity contribution is -0.114. The van der Waals surface area contributed by atoms with Gasteiger partial charge in [0.05, 0.1) is 33.6 Å². The van der Waals surface area contributed by atoms with Crippen LogP contribution < -0.4 is 14.5 Å². The third-order valence-corrected chi connectivity index (χ3v) is 5.88. The number of rotatable bonds is 8. The number of halogens is 1. The molecule has 1 amide bonds. The zero-order chi connectivity index (χ0) is 24.9. The molecule has 0 bridgehead atoms. The van der Waals surface area contributed by atoms with E-state index in [9.17, 15) is 9.59 Å². The average Bonchev–Trinajstić information content (AvgIpc) is 3.13. The van der Waals surface area contributed by atoms with E-state index in [2.05, 4.69) is 21.0 Å². The Morgan fingerprint density at radius 3 is 2.46 bits per heavy atom. The van der Waals surface area contributed by atoms with E-state index in [1.54, 1.807) is 25.1 Å². The first-order valence-electron chi connectivity index (χ1n) is 11.0. The molecular formula is C27H23BrN2O5. The van der Waals surface area contributed by atoms with Crippen LogP contribution in [0.1, 0.15) is 35.3 Å². The highest BCUT2D eigenvalue weighted by Crippen LogP contribution is 2.38. The molecule has 3 aromatic carbocycles. The molecule has 0 atom stereocenters. The van der Waals surface area contributed by atoms with Crippen molar-refractivity contribution in [2.75, 3.05) is 11.6 Å². The van der Waals surface area contributed by atoms with Crippen LogP contribution in [0.5, 0.6) is 11.5 Å². The van der Waals surface area contributed by atoms with Crippen LogP contribution in [0.2, 0.25) is 0 Å². The van der Waals surface area contributed by atoms with Crippen LogP contribution in [0.4, 0.5) is 5.69 Å². The Morgan fingerprint density at radius 1 is 1.09 bits per heavy atom. The molecule has 0 radical (unpaired) electrons. The van der Waals surface area contributed by atoms with Gasteiger partial charge >= 0.3 is 5.97 Å². The van der Waals surface area contributed by atoms with Crippen LogP contribution in [0.3, 0.4) is 0 Å². The number of anilines is 1. The van der Waals surface area contributed by atoms with Gasteiger partial charge in [0.2, 0.25) is 0 Å². The fourth-order valence-electron chi connectivity index (χ4n) is 3.57. The number of aromatic carboxylic acids is 1. The summed E-state index contributed by atoms with van der Waals surface area (Å²) in [6, 6.07) is 19.4. The molecule has 0 fully saturated rings. The maximum atomic E-state index is 13.0. The van der Waals surface area contributed by atoms with Crippen LogP contribution in [0, 0.1) is 0 Å². The number of carbonyl (C=O) groups excluding carboxylic acids is 1. The molecule has 3 aromatic rings. The van der Waals surface area contributed by atoms with Crippen molar-refractivity contribution in [2.24, 2.45) is 5.10 Å². The number of para-hydroxylation sites is 1. The number of carboxylic acids is 1. The molecule has 0 aliphatic carbocycles. The van der Waals surface area contributed by atoms with E-state index >= 15 is 0 Å². The highest BCUT2D eigenvalue weighted by molar-refractivity contribution is 9.10. The van der Waals surface area contributed by atoms with E-state index in [-0.39, 0.29) is 18.1 Å². The molecule has 0 unspecified atom stereocenters. The van der Waals surface area contributed by atoms with E-state index in [1.165, 1.54) is 17.1 Å². The van der Waals surface area contributed by atoms with Gasteiger partial charge in [-0.1, -0.05) is 30.3 Å². The van der Waals surface area contributed by atoms with Gasteiger partial charge in [-0.05, 0) is 83.4 Å². The minimum absolute atomic E-state index is 0.201. The topological polar surface area (TPSA) is 88.4 Å². The molecule has 1 heterocycles. The summed E-state index contributed by atoms with van der Waals surface area (Å²) in [5, 5.41) is 14.9. The van der Waals surface area contributed by atoms with Crippen LogP contribution in [0.15, 0.2) is 81.9 Å². The summed E-state index contributed by atoms with van der Waals surface area (Å²) < 4.78 is 12.5. The second-order valence-corrected chi connectivity index (χ2v) is 8.60. The van der Waals surface area contributed by atoms with E-state index in [4.69, 9.17) is 14.6 Å². The molecule has 1 N–H and O–H groups in total. The first kappa shape index (κ1) is 24.2. The summed E-state index contributed by atoms with van der Waals surface area (Å²) in [6.45, 7) is 4.34. The van der Waals surface area contributed by atoms with Crippen LogP contribution in [0.25, 0.3) is 6.08 Å². The van der Waals surface area contributed by atoms with E-state index < -0.39 is 5.97 Å². The number of nitrogens with zero attached hydrogens (tertiary/aromatic N) is 2. The van der Waals surface area contributed by atoms with Gasteiger partial charge in [0, 0.05) is 0 Å². The normalized spacial score (nSPS) is 14.3. The largest absolute Gasteiger partial charge is 0.490 e. The summed E-state index contributed by atoms with van der Waals surface area (Å²) in [7, 11) is 0. The second kappa shape index (κ2) is 10.6. The molecule has 178 valence electrons. The van der Waals surface area contributed by atoms with Gasteiger partial charge in [-0.2, -0.15) is 10.1 Å². The highest BCUT2D eigenvalue weighted by Gasteiger charge is 2.28. The molecule has 1 aliphatic heterocycles. The summed E-state index contributed by atoms with van der Waals surface area (Å²) in [5.74, 6) is -0.134. The van der Waals surface area contributed by atoms with Crippen molar-refractivity contribution in [3.63, 3.8) is 0 Å². The van der Waals surface area contributed by atoms with Crippen LogP contribution in [-0.4, -0.2) is 29.3 Å². The minimum Gasteiger partial charge on any atom is -0.490 e. The van der Waals surface area contributed by atoms with Crippen molar-refractivity contribution < 1.29 is 24.2 Å². The van der Waals surface area contributed by atoms with Crippen molar-refractivity contribution >= 4 is 45.3 Å². The fourth-order valence-corrected chi connectivity index (χ4v) is 4.14. The Labute approximate surface area is 211 Å². The molecule has 7 nitrogen and oxygen atoms in total. The lowest BCUT2D eigenvalue weighted by Crippen LogP contribution is -2.21. The molecule has 0 saturated heterocycles. The van der Waals surface area contributed by atoms with Gasteiger partial charge in [0.25, 0.3) is 5.91 Å². The average molecular weight is 535 g/mol. The number of hydrogen-bond acceptors (Lipinski definition) is 5. The predicted molar refractivity (Wildman–Crippen MR) is 138 cm³/mol. The Bertz CT molecular complexity index is 1320. The summed E-state index contributed by atoms with van der Waals surface area (Å²) >= 11 is 3.56. The molecule has 0 aromatic heterocycles. The monoisotopic (exact) mass is 534 g/mol. The number of hydrazone groups is 1. The smallest absolute Gasteiger partial charge is 0.335 e. The summed E-state index contributed by atoms with van der Waals surface area (Å²) in [5.41, 5.74) is 3.62. The van der Waals surface area contributed by atoms with Crippen molar-refractivity contribution in [3.05, 3.63) is 93.5 Å². The molecule has 0 spiro atoms. The van der Waals surface area contributed by atoms with Gasteiger partial charge in [-0.3, -0.25) is 4.79 Å². The van der Waals surface area contributed by atoms with Crippen molar-refractivity contribution in [1.29, 1.82) is 0 Å². The second-order valence-electron chi connectivity index (χ2n) is 7.75. The van der Waals surface area contributed by atoms with Crippen molar-refractivity contribution in [1.82, 2.24) is 0 Å². The number of carbonyl (C=O) groups is 2. The third kappa shape index (κ3) is 5.44. The maximum Gasteiger partial charge on any atom is 0.335 e. The van der Waals surface area contributed by atoms with Gasteiger partial charge < -0.3 is 14.6 Å². The third-order valence-electron chi connectivity index (χ3n) is 5.29. The van der Waals surface area contributed by atoms with E-state index in [0.29, 0.717) is 39.6 Å². The van der Waals surface area contributed by atoms with E-state index in [1.807, 2.05) is 49.4 Å². The SMILES string of the molecule is CCOc1cc(/C=C2/C(=O)N(c3ccccc3)N=C2C)cc(Br)c1OCc1ccc(C(=O)O)cc1. The first-order valence-corrected chi connectivity index (χ1v) is 11.7. The fraction of sp³-hybridized carbons (Fsp3) is 0.148. The first-order chi connectivity index (χ1) is 16.9. The van der Waals surface area contributed by atoms with Gasteiger partial charge in [-0.15, -0.1) is 0 Å². The number of carboxylic acid groups (broad SMARTS) is 1. The Hall–Kier alpha value is -3.91. The number of hydrogen-bond donors (Lipinski definition) is 1. The lowest BCUT2D eigenvalue weighted by atomic mass is 10.1. The van der Waals surface area contributed by atoms with Crippen LogP contribution >= 0.6 is 15.9 Å². The van der Waals surface area contributed by atoms with Crippen molar-refractivity contribution in [3.8, 4) is 11.5 Å². The minimum atomic E-state index is -0.975. The highest BCUT2D eigenvalue weighted by atomic mass is 79.9. The molecule has 0 saturated carbocycles.